The van der Waals surface area contributed by atoms with Crippen molar-refractivity contribution in [3.63, 3.8) is 0 Å². The van der Waals surface area contributed by atoms with Gasteiger partial charge in [0.1, 0.15) is 0 Å². The van der Waals surface area contributed by atoms with Gasteiger partial charge >= 0.3 is 0 Å². The summed E-state index contributed by atoms with van der Waals surface area (Å²) < 4.78 is 0. The van der Waals surface area contributed by atoms with Crippen LogP contribution in [-0.2, 0) is 6.42 Å². The Labute approximate surface area is 140 Å². The van der Waals surface area contributed by atoms with E-state index in [0.29, 0.717) is 5.92 Å². The third kappa shape index (κ3) is 7.80. The number of hydrogen-bond acceptors (Lipinski definition) is 3. The van der Waals surface area contributed by atoms with Gasteiger partial charge in [0.2, 0.25) is 0 Å². The average Bonchev–Trinajstić information content (AvgIpc) is 3.02. The molecule has 1 heterocycles. The smallest absolute Gasteiger partial charge is 0.191 e. The van der Waals surface area contributed by atoms with Crippen LogP contribution in [-0.4, -0.2) is 50.1 Å². The lowest BCUT2D eigenvalue weighted by Gasteiger charge is -2.19. The van der Waals surface area contributed by atoms with Gasteiger partial charge in [0.25, 0.3) is 0 Å². The summed E-state index contributed by atoms with van der Waals surface area (Å²) in [7, 11) is 0. The summed E-state index contributed by atoms with van der Waals surface area (Å²) in [4.78, 5) is 8.58. The molecule has 1 aromatic heterocycles. The molecular weight excluding hydrogens is 292 g/mol. The van der Waals surface area contributed by atoms with Gasteiger partial charge in [0.15, 0.2) is 5.96 Å². The Morgan fingerprint density at radius 1 is 1.27 bits per heavy atom. The van der Waals surface area contributed by atoms with E-state index in [-0.39, 0.29) is 0 Å². The van der Waals surface area contributed by atoms with Gasteiger partial charge in [-0.2, -0.15) is 0 Å². The van der Waals surface area contributed by atoms with E-state index in [2.05, 4.69) is 60.7 Å². The van der Waals surface area contributed by atoms with Crippen molar-refractivity contribution in [1.82, 2.24) is 15.5 Å². The van der Waals surface area contributed by atoms with Crippen LogP contribution in [0.1, 0.15) is 32.6 Å². The largest absolute Gasteiger partial charge is 0.357 e. The molecule has 0 spiro atoms. The second-order valence-corrected chi connectivity index (χ2v) is 6.59. The van der Waals surface area contributed by atoms with E-state index in [1.165, 1.54) is 4.88 Å². The highest BCUT2D eigenvalue weighted by molar-refractivity contribution is 7.09. The number of guanidine groups is 1. The predicted octanol–water partition coefficient (Wildman–Crippen LogP) is 2.82. The first-order valence-corrected chi connectivity index (χ1v) is 9.34. The van der Waals surface area contributed by atoms with Crippen molar-refractivity contribution in [2.24, 2.45) is 10.9 Å². The lowest BCUT2D eigenvalue weighted by Crippen LogP contribution is -2.41. The standard InChI is InChI=1S/C17H32N4S/c1-5-18-17(19-10-11-21(6-2)7-3)20-14-15(4)13-16-9-8-12-22-16/h8-9,12,15H,5-7,10-11,13-14H2,1-4H3,(H2,18,19,20). The summed E-state index contributed by atoms with van der Waals surface area (Å²) in [6.45, 7) is 14.7. The van der Waals surface area contributed by atoms with Gasteiger partial charge < -0.3 is 15.5 Å². The Morgan fingerprint density at radius 2 is 2.05 bits per heavy atom. The zero-order chi connectivity index (χ0) is 16.2. The van der Waals surface area contributed by atoms with Crippen LogP contribution in [0.5, 0.6) is 0 Å². The van der Waals surface area contributed by atoms with Crippen molar-refractivity contribution < 1.29 is 0 Å². The van der Waals surface area contributed by atoms with Crippen LogP contribution in [0.25, 0.3) is 0 Å². The molecule has 0 bridgehead atoms. The third-order valence-corrected chi connectivity index (χ3v) is 4.55. The number of nitrogens with zero attached hydrogens (tertiary/aromatic N) is 2. The van der Waals surface area contributed by atoms with Crippen LogP contribution in [0.4, 0.5) is 0 Å². The molecule has 5 heteroatoms. The average molecular weight is 325 g/mol. The number of hydrogen-bond donors (Lipinski definition) is 2. The molecule has 0 saturated heterocycles. The van der Waals surface area contributed by atoms with E-state index in [4.69, 9.17) is 4.99 Å². The van der Waals surface area contributed by atoms with E-state index in [9.17, 15) is 0 Å². The number of aliphatic imine (C=N–C) groups is 1. The molecular formula is C17H32N4S. The molecule has 0 radical (unpaired) electrons. The minimum atomic E-state index is 0.567. The van der Waals surface area contributed by atoms with Gasteiger partial charge in [-0.1, -0.05) is 26.8 Å². The maximum Gasteiger partial charge on any atom is 0.191 e. The van der Waals surface area contributed by atoms with E-state index in [0.717, 1.165) is 51.6 Å². The van der Waals surface area contributed by atoms with E-state index in [1.54, 1.807) is 0 Å². The maximum atomic E-state index is 4.72. The topological polar surface area (TPSA) is 39.7 Å². The molecule has 22 heavy (non-hydrogen) atoms. The zero-order valence-corrected chi connectivity index (χ0v) is 15.4. The van der Waals surface area contributed by atoms with Crippen LogP contribution < -0.4 is 10.6 Å². The molecule has 1 aromatic rings. The van der Waals surface area contributed by atoms with Crippen LogP contribution in [0, 0.1) is 5.92 Å². The van der Waals surface area contributed by atoms with Crippen molar-refractivity contribution >= 4 is 17.3 Å². The summed E-state index contributed by atoms with van der Waals surface area (Å²) in [5, 5.41) is 8.91. The minimum absolute atomic E-state index is 0.567. The quantitative estimate of drug-likeness (QED) is 0.513. The van der Waals surface area contributed by atoms with Gasteiger partial charge in [-0.25, -0.2) is 0 Å². The highest BCUT2D eigenvalue weighted by Gasteiger charge is 2.05. The Balaban J connectivity index is 2.37. The minimum Gasteiger partial charge on any atom is -0.357 e. The van der Waals surface area contributed by atoms with Crippen molar-refractivity contribution in [3.05, 3.63) is 22.4 Å². The van der Waals surface area contributed by atoms with Crippen LogP contribution >= 0.6 is 11.3 Å². The zero-order valence-electron chi connectivity index (χ0n) is 14.6. The predicted molar refractivity (Wildman–Crippen MR) is 99.0 cm³/mol. The third-order valence-electron chi connectivity index (χ3n) is 3.65. The van der Waals surface area contributed by atoms with Gasteiger partial charge in [-0.05, 0) is 43.8 Å². The van der Waals surface area contributed by atoms with Crippen molar-refractivity contribution in [2.75, 3.05) is 39.3 Å². The van der Waals surface area contributed by atoms with Gasteiger partial charge in [0, 0.05) is 31.1 Å². The maximum absolute atomic E-state index is 4.72. The number of rotatable bonds is 10. The lowest BCUT2D eigenvalue weighted by molar-refractivity contribution is 0.308. The SMILES string of the molecule is CCNC(=NCC(C)Cc1cccs1)NCCN(CC)CC. The Kier molecular flexibility index (Phi) is 9.91. The Hall–Kier alpha value is -1.07. The monoisotopic (exact) mass is 324 g/mol. The van der Waals surface area contributed by atoms with Crippen LogP contribution in [0.15, 0.2) is 22.5 Å². The molecule has 1 unspecified atom stereocenters. The van der Waals surface area contributed by atoms with Crippen LogP contribution in [0.2, 0.25) is 0 Å². The number of thiophene rings is 1. The van der Waals surface area contributed by atoms with Gasteiger partial charge in [-0.15, -0.1) is 11.3 Å². The molecule has 0 aliphatic heterocycles. The summed E-state index contributed by atoms with van der Waals surface area (Å²) in [5.41, 5.74) is 0. The van der Waals surface area contributed by atoms with E-state index in [1.807, 2.05) is 11.3 Å². The first kappa shape index (κ1) is 19.0. The van der Waals surface area contributed by atoms with Crippen molar-refractivity contribution in [2.45, 2.75) is 34.1 Å². The summed E-state index contributed by atoms with van der Waals surface area (Å²) in [5.74, 6) is 1.50. The van der Waals surface area contributed by atoms with Gasteiger partial charge in [-0.3, -0.25) is 4.99 Å². The fourth-order valence-electron chi connectivity index (χ4n) is 2.30. The molecule has 2 N–H and O–H groups in total. The molecule has 0 saturated carbocycles. The second kappa shape index (κ2) is 11.5. The summed E-state index contributed by atoms with van der Waals surface area (Å²) in [6, 6.07) is 4.33. The number of nitrogens with one attached hydrogen (secondary N) is 2. The van der Waals surface area contributed by atoms with Crippen molar-refractivity contribution in [3.8, 4) is 0 Å². The summed E-state index contributed by atoms with van der Waals surface area (Å²) >= 11 is 1.83. The Bertz CT molecular complexity index is 399. The molecule has 0 aromatic carbocycles. The molecule has 0 aliphatic rings. The first-order chi connectivity index (χ1) is 10.7. The normalized spacial score (nSPS) is 13.4. The van der Waals surface area contributed by atoms with Crippen molar-refractivity contribution in [1.29, 1.82) is 0 Å². The molecule has 0 fully saturated rings. The fraction of sp³-hybridized carbons (Fsp3) is 0.706. The van der Waals surface area contributed by atoms with Gasteiger partial charge in [0.05, 0.1) is 0 Å². The molecule has 1 atom stereocenters. The highest BCUT2D eigenvalue weighted by atomic mass is 32.1. The fourth-order valence-corrected chi connectivity index (χ4v) is 3.17. The highest BCUT2D eigenvalue weighted by Crippen LogP contribution is 2.14. The Morgan fingerprint density at radius 3 is 2.64 bits per heavy atom. The summed E-state index contributed by atoms with van der Waals surface area (Å²) in [6.07, 6.45) is 1.11. The molecule has 0 amide bonds. The molecule has 126 valence electrons. The van der Waals surface area contributed by atoms with Crippen LogP contribution in [0.3, 0.4) is 0 Å². The molecule has 0 aliphatic carbocycles. The lowest BCUT2D eigenvalue weighted by atomic mass is 10.1. The van der Waals surface area contributed by atoms with E-state index < -0.39 is 0 Å². The number of likely N-dealkylation sites (N-methyl/N-ethyl adjacent to an activating group) is 1. The molecule has 1 rings (SSSR count). The first-order valence-electron chi connectivity index (χ1n) is 8.46. The molecule has 4 nitrogen and oxygen atoms in total. The van der Waals surface area contributed by atoms with E-state index >= 15 is 0 Å². The second-order valence-electron chi connectivity index (χ2n) is 5.56.